The van der Waals surface area contributed by atoms with Crippen LogP contribution in [0, 0.1) is 5.92 Å². The Morgan fingerprint density at radius 1 is 1.04 bits per heavy atom. The number of allylic oxidation sites excluding steroid dienone is 3. The number of para-hydroxylation sites is 1. The fourth-order valence-corrected chi connectivity index (χ4v) is 12.7. The van der Waals surface area contributed by atoms with Crippen molar-refractivity contribution in [1.82, 2.24) is 15.0 Å². The van der Waals surface area contributed by atoms with E-state index in [1.54, 1.807) is 12.0 Å². The number of carbonyl (C=O) groups is 2. The number of methoxy groups -OCH3 is 1. The molecule has 4 atom stereocenters. The zero-order valence-corrected chi connectivity index (χ0v) is 34.2. The number of carbonyl (C=O) groups excluding carboxylic acids is 2. The molecule has 0 bridgehead atoms. The van der Waals surface area contributed by atoms with Gasteiger partial charge in [0.15, 0.2) is 5.60 Å². The summed E-state index contributed by atoms with van der Waals surface area (Å²) in [5.74, 6) is 0.515. The minimum Gasteiger partial charge on any atom is -0.497 e. The molecular formula is C44H55N5O5Si. The molecule has 6 rings (SSSR count). The van der Waals surface area contributed by atoms with Crippen LogP contribution in [0.2, 0.25) is 18.6 Å². The van der Waals surface area contributed by atoms with E-state index >= 15 is 4.79 Å². The molecule has 1 fully saturated rings. The quantitative estimate of drug-likeness (QED) is 0.0718. The molecule has 10 nitrogen and oxygen atoms in total. The molecule has 2 aliphatic rings. The van der Waals surface area contributed by atoms with Crippen molar-refractivity contribution < 1.29 is 24.2 Å². The molecule has 4 aromatic rings. The zero-order valence-electron chi connectivity index (χ0n) is 33.2. The molecule has 2 aliphatic heterocycles. The molecule has 1 spiro atoms. The molecule has 0 unspecified atom stereocenters. The number of hydrogen-bond donors (Lipinski definition) is 1. The van der Waals surface area contributed by atoms with Crippen LogP contribution in [-0.2, 0) is 32.9 Å². The molecule has 1 aromatic heterocycles. The number of ether oxygens (including phenoxy) is 2. The number of benzene rings is 3. The summed E-state index contributed by atoms with van der Waals surface area (Å²) in [6.07, 6.45) is 9.72. The predicted octanol–water partition coefficient (Wildman–Crippen LogP) is 7.46. The lowest BCUT2D eigenvalue weighted by molar-refractivity contribution is -0.145. The van der Waals surface area contributed by atoms with E-state index in [4.69, 9.17) is 9.47 Å². The molecule has 55 heavy (non-hydrogen) atoms. The van der Waals surface area contributed by atoms with Crippen molar-refractivity contribution >= 4 is 42.6 Å². The van der Waals surface area contributed by atoms with Crippen LogP contribution in [0.4, 0.5) is 17.1 Å². The Labute approximate surface area is 326 Å². The number of aliphatic hydroxyl groups excluding tert-OH is 1. The molecular weight excluding hydrogens is 707 g/mol. The number of aromatic nitrogens is 3. The third-order valence-corrected chi connectivity index (χ3v) is 15.9. The van der Waals surface area contributed by atoms with Crippen LogP contribution in [0.1, 0.15) is 58.2 Å². The number of rotatable bonds is 16. The molecule has 0 radical (unpaired) electrons. The van der Waals surface area contributed by atoms with Gasteiger partial charge in [0, 0.05) is 55.2 Å². The van der Waals surface area contributed by atoms with Gasteiger partial charge in [-0.1, -0.05) is 84.0 Å². The Balaban J connectivity index is 1.45. The first-order valence-electron chi connectivity index (χ1n) is 19.3. The fraction of sp³-hybridized carbons (Fsp3) is 0.409. The summed E-state index contributed by atoms with van der Waals surface area (Å²) in [6, 6.07) is 23.8. The minimum absolute atomic E-state index is 0.00414. The maximum Gasteiger partial charge on any atom is 0.264 e. The van der Waals surface area contributed by atoms with Crippen LogP contribution >= 0.6 is 0 Å². The first-order chi connectivity index (χ1) is 26.4. The normalized spacial score (nSPS) is 20.9. The van der Waals surface area contributed by atoms with E-state index < -0.39 is 13.7 Å². The summed E-state index contributed by atoms with van der Waals surface area (Å²) in [7, 11) is -0.716. The van der Waals surface area contributed by atoms with Gasteiger partial charge in [-0.05, 0) is 88.0 Å². The van der Waals surface area contributed by atoms with E-state index in [9.17, 15) is 9.90 Å². The number of amides is 2. The maximum absolute atomic E-state index is 15.3. The molecule has 3 heterocycles. The van der Waals surface area contributed by atoms with E-state index in [-0.39, 0.29) is 30.1 Å². The summed E-state index contributed by atoms with van der Waals surface area (Å²) < 4.78 is 14.7. The number of fused-ring (bicyclic) bond motifs is 2. The lowest BCUT2D eigenvalue weighted by Crippen LogP contribution is -2.52. The first kappa shape index (κ1) is 39.8. The second-order valence-corrected chi connectivity index (χ2v) is 20.4. The number of hydrogen-bond acceptors (Lipinski definition) is 7. The summed E-state index contributed by atoms with van der Waals surface area (Å²) >= 11 is 0. The van der Waals surface area contributed by atoms with E-state index in [0.29, 0.717) is 31.6 Å². The van der Waals surface area contributed by atoms with Gasteiger partial charge >= 0.3 is 0 Å². The largest absolute Gasteiger partial charge is 0.497 e. The number of aryl methyl sites for hydroxylation is 1. The van der Waals surface area contributed by atoms with Gasteiger partial charge in [-0.25, -0.2) is 0 Å². The Morgan fingerprint density at radius 3 is 2.45 bits per heavy atom. The Hall–Kier alpha value is -4.84. The van der Waals surface area contributed by atoms with E-state index in [1.807, 2.05) is 76.4 Å². The van der Waals surface area contributed by atoms with Crippen molar-refractivity contribution in [3.05, 3.63) is 114 Å². The lowest BCUT2D eigenvalue weighted by atomic mass is 9.82. The van der Waals surface area contributed by atoms with E-state index in [0.717, 1.165) is 47.6 Å². The van der Waals surface area contributed by atoms with Gasteiger partial charge in [-0.2, -0.15) is 0 Å². The molecule has 0 aliphatic carbocycles. The summed E-state index contributed by atoms with van der Waals surface area (Å²) in [5, 5.41) is 19.3. The topological polar surface area (TPSA) is 110 Å². The van der Waals surface area contributed by atoms with Crippen molar-refractivity contribution in [3.63, 3.8) is 0 Å². The van der Waals surface area contributed by atoms with Gasteiger partial charge in [0.05, 0.1) is 32.7 Å². The maximum atomic E-state index is 15.3. The van der Waals surface area contributed by atoms with E-state index in [1.165, 1.54) is 16.3 Å². The third-order valence-electron chi connectivity index (χ3n) is 11.5. The molecule has 3 aromatic carbocycles. The Kier molecular flexibility index (Phi) is 12.2. The monoisotopic (exact) mass is 761 g/mol. The highest BCUT2D eigenvalue weighted by Gasteiger charge is 2.66. The SMILES string of the molecule is COc1ccc([Si](C)(C)[C@H]2[C@H](CCn3cc(CCO)nn3)O[C@@]3(C(=O)N(C/C=C(\C)CCC=C(C)C)c4ccc(N(C=O)c5ccccc5)cc43)[C@@H]2C)cc1. The van der Waals surface area contributed by atoms with Gasteiger partial charge in [0.25, 0.3) is 5.91 Å². The van der Waals surface area contributed by atoms with Gasteiger partial charge in [-0.15, -0.1) is 5.10 Å². The molecule has 11 heteroatoms. The van der Waals surface area contributed by atoms with Crippen molar-refractivity contribution in [3.8, 4) is 5.75 Å². The Morgan fingerprint density at radius 2 is 1.78 bits per heavy atom. The highest BCUT2D eigenvalue weighted by atomic mass is 28.3. The molecule has 290 valence electrons. The summed E-state index contributed by atoms with van der Waals surface area (Å²) in [6.45, 7) is 14.2. The second kappa shape index (κ2) is 16.9. The zero-order chi connectivity index (χ0) is 39.3. The van der Waals surface area contributed by atoms with Gasteiger partial charge < -0.3 is 19.5 Å². The van der Waals surface area contributed by atoms with Gasteiger partial charge in [0.1, 0.15) is 5.75 Å². The van der Waals surface area contributed by atoms with Crippen molar-refractivity contribution in [2.75, 3.05) is 30.1 Å². The third kappa shape index (κ3) is 7.96. The molecule has 2 amide bonds. The van der Waals surface area contributed by atoms with Gasteiger partial charge in [-0.3, -0.25) is 19.2 Å². The fourth-order valence-electron chi connectivity index (χ4n) is 8.64. The standard InChI is InChI=1S/C44H55N5O5Si/c1-31(2)12-11-13-32(3)22-26-48-40-21-16-36(49(30-51)35-14-9-8-10-15-35)28-39(40)44(43(48)52)33(4)42(55(6,7)38-19-17-37(53-5)18-20-38)41(54-44)23-25-47-29-34(24-27-50)45-46-47/h8-10,12,14-22,28-30,33,41-42,50H,11,13,23-27H2,1-7H3/b32-22+/t33-,41+,42-,44+/m1/s1. The summed E-state index contributed by atoms with van der Waals surface area (Å²) in [5.41, 5.74) is 4.99. The van der Waals surface area contributed by atoms with Crippen LogP contribution in [0.5, 0.6) is 5.75 Å². The van der Waals surface area contributed by atoms with Crippen molar-refractivity contribution in [2.45, 2.75) is 90.3 Å². The Bertz CT molecular complexity index is 2020. The van der Waals surface area contributed by atoms with Crippen LogP contribution in [0.3, 0.4) is 0 Å². The smallest absolute Gasteiger partial charge is 0.264 e. The molecule has 1 saturated heterocycles. The number of aliphatic hydroxyl groups is 1. The average Bonchev–Trinajstić information content (AvgIpc) is 3.83. The highest BCUT2D eigenvalue weighted by molar-refractivity contribution is 6.91. The van der Waals surface area contributed by atoms with Crippen LogP contribution in [0.15, 0.2) is 102 Å². The first-order valence-corrected chi connectivity index (χ1v) is 22.4. The molecule has 1 N–H and O–H groups in total. The number of anilines is 3. The molecule has 0 saturated carbocycles. The van der Waals surface area contributed by atoms with Crippen LogP contribution < -0.4 is 19.7 Å². The average molecular weight is 762 g/mol. The summed E-state index contributed by atoms with van der Waals surface area (Å²) in [4.78, 5) is 31.5. The van der Waals surface area contributed by atoms with Crippen LogP contribution in [-0.4, -0.2) is 66.9 Å². The van der Waals surface area contributed by atoms with Gasteiger partial charge in [0.2, 0.25) is 6.41 Å². The predicted molar refractivity (Wildman–Crippen MR) is 221 cm³/mol. The van der Waals surface area contributed by atoms with Crippen LogP contribution in [0.25, 0.3) is 0 Å². The van der Waals surface area contributed by atoms with Crippen molar-refractivity contribution in [2.24, 2.45) is 5.92 Å². The highest BCUT2D eigenvalue weighted by Crippen LogP contribution is 2.60. The van der Waals surface area contributed by atoms with E-state index in [2.05, 4.69) is 75.4 Å². The lowest BCUT2D eigenvalue weighted by Gasteiger charge is -2.37. The number of nitrogens with zero attached hydrogens (tertiary/aromatic N) is 5. The van der Waals surface area contributed by atoms with Crippen molar-refractivity contribution in [1.29, 1.82) is 0 Å². The minimum atomic E-state index is -2.39. The second-order valence-electron chi connectivity index (χ2n) is 15.7.